The van der Waals surface area contributed by atoms with E-state index >= 15 is 0 Å². The number of nitrogens with two attached hydrogens (primary N) is 1. The van der Waals surface area contributed by atoms with Gasteiger partial charge in [-0.2, -0.15) is 0 Å². The fourth-order valence-electron chi connectivity index (χ4n) is 2.20. The Morgan fingerprint density at radius 1 is 1.37 bits per heavy atom. The third-order valence-electron chi connectivity index (χ3n) is 3.45. The van der Waals surface area contributed by atoms with Crippen LogP contribution in [0.3, 0.4) is 0 Å². The van der Waals surface area contributed by atoms with E-state index in [0.717, 1.165) is 18.8 Å². The van der Waals surface area contributed by atoms with Crippen molar-refractivity contribution in [1.82, 2.24) is 9.88 Å². The van der Waals surface area contributed by atoms with Crippen LogP contribution in [0, 0.1) is 11.7 Å². The van der Waals surface area contributed by atoms with Crippen LogP contribution in [0.25, 0.3) is 0 Å². The van der Waals surface area contributed by atoms with Crippen LogP contribution in [0.1, 0.15) is 44.8 Å². The summed E-state index contributed by atoms with van der Waals surface area (Å²) >= 11 is 0. The summed E-state index contributed by atoms with van der Waals surface area (Å²) in [5.74, 6) is -0.0233. The molecule has 0 spiro atoms. The van der Waals surface area contributed by atoms with Crippen LogP contribution in [0.15, 0.2) is 18.3 Å². The van der Waals surface area contributed by atoms with Crippen molar-refractivity contribution in [2.24, 2.45) is 11.7 Å². The fourth-order valence-corrected chi connectivity index (χ4v) is 2.20. The summed E-state index contributed by atoms with van der Waals surface area (Å²) in [5, 5.41) is 0. The lowest BCUT2D eigenvalue weighted by atomic mass is 9.98. The van der Waals surface area contributed by atoms with Crippen molar-refractivity contribution in [3.05, 3.63) is 29.8 Å². The summed E-state index contributed by atoms with van der Waals surface area (Å²) in [5.41, 5.74) is 6.94. The molecule has 19 heavy (non-hydrogen) atoms. The molecule has 2 unspecified atom stereocenters. The zero-order valence-corrected chi connectivity index (χ0v) is 12.3. The maximum atomic E-state index is 12.8. The molecule has 3 nitrogen and oxygen atoms in total. The van der Waals surface area contributed by atoms with E-state index in [1.165, 1.54) is 31.5 Å². The first-order valence-electron chi connectivity index (χ1n) is 7.10. The molecule has 2 atom stereocenters. The Labute approximate surface area is 116 Å². The smallest absolute Gasteiger partial charge is 0.141 e. The van der Waals surface area contributed by atoms with Gasteiger partial charge in [0.05, 0.1) is 17.9 Å². The van der Waals surface area contributed by atoms with Crippen LogP contribution in [-0.2, 0) is 0 Å². The SMILES string of the molecule is CCCCCN(C)CC(C)C(N)c1ccc(F)cn1. The normalized spacial score (nSPS) is 14.6. The van der Waals surface area contributed by atoms with Gasteiger partial charge in [-0.25, -0.2) is 4.39 Å². The Morgan fingerprint density at radius 3 is 2.68 bits per heavy atom. The Balaban J connectivity index is 2.43. The largest absolute Gasteiger partial charge is 0.322 e. The summed E-state index contributed by atoms with van der Waals surface area (Å²) in [7, 11) is 2.12. The number of nitrogens with zero attached hydrogens (tertiary/aromatic N) is 2. The number of hydrogen-bond donors (Lipinski definition) is 1. The van der Waals surface area contributed by atoms with Crippen LogP contribution in [-0.4, -0.2) is 30.0 Å². The third-order valence-corrected chi connectivity index (χ3v) is 3.45. The first-order valence-corrected chi connectivity index (χ1v) is 7.10. The van der Waals surface area contributed by atoms with Crippen LogP contribution in [0.2, 0.25) is 0 Å². The quantitative estimate of drug-likeness (QED) is 0.736. The van der Waals surface area contributed by atoms with Crippen LogP contribution < -0.4 is 5.73 Å². The minimum Gasteiger partial charge on any atom is -0.322 e. The number of hydrogen-bond acceptors (Lipinski definition) is 3. The Hall–Kier alpha value is -1.00. The molecule has 1 heterocycles. The molecule has 108 valence electrons. The molecule has 0 fully saturated rings. The van der Waals surface area contributed by atoms with Gasteiger partial charge in [0, 0.05) is 6.54 Å². The van der Waals surface area contributed by atoms with E-state index in [1.807, 2.05) is 0 Å². The second kappa shape index (κ2) is 8.23. The van der Waals surface area contributed by atoms with Crippen molar-refractivity contribution in [3.63, 3.8) is 0 Å². The zero-order valence-electron chi connectivity index (χ0n) is 12.3. The molecule has 2 N–H and O–H groups in total. The molecule has 0 amide bonds. The molecule has 4 heteroatoms. The second-order valence-electron chi connectivity index (χ2n) is 5.37. The first-order chi connectivity index (χ1) is 9.04. The minimum atomic E-state index is -0.319. The summed E-state index contributed by atoms with van der Waals surface area (Å²) < 4.78 is 12.8. The van der Waals surface area contributed by atoms with E-state index in [-0.39, 0.29) is 11.9 Å². The Morgan fingerprint density at radius 2 is 2.11 bits per heavy atom. The van der Waals surface area contributed by atoms with Gasteiger partial charge < -0.3 is 10.6 Å². The third kappa shape index (κ3) is 5.66. The fraction of sp³-hybridized carbons (Fsp3) is 0.667. The van der Waals surface area contributed by atoms with Crippen LogP contribution >= 0.6 is 0 Å². The molecule has 0 aromatic carbocycles. The highest BCUT2D eigenvalue weighted by molar-refractivity contribution is 5.10. The molecule has 0 aliphatic carbocycles. The average molecular weight is 267 g/mol. The van der Waals surface area contributed by atoms with E-state index < -0.39 is 0 Å². The van der Waals surface area contributed by atoms with Gasteiger partial charge in [-0.15, -0.1) is 0 Å². The van der Waals surface area contributed by atoms with E-state index in [0.29, 0.717) is 5.92 Å². The Bertz CT molecular complexity index is 353. The van der Waals surface area contributed by atoms with Crippen molar-refractivity contribution in [3.8, 4) is 0 Å². The maximum Gasteiger partial charge on any atom is 0.141 e. The average Bonchev–Trinajstić information content (AvgIpc) is 2.39. The van der Waals surface area contributed by atoms with Gasteiger partial charge in [0.25, 0.3) is 0 Å². The van der Waals surface area contributed by atoms with Gasteiger partial charge in [-0.05, 0) is 38.1 Å². The van der Waals surface area contributed by atoms with Gasteiger partial charge >= 0.3 is 0 Å². The number of pyridine rings is 1. The topological polar surface area (TPSA) is 42.1 Å². The van der Waals surface area contributed by atoms with E-state index in [1.54, 1.807) is 6.07 Å². The molecule has 0 saturated carbocycles. The molecule has 1 rings (SSSR count). The van der Waals surface area contributed by atoms with Crippen molar-refractivity contribution >= 4 is 0 Å². The zero-order chi connectivity index (χ0) is 14.3. The first kappa shape index (κ1) is 16.1. The molecular formula is C15H26FN3. The highest BCUT2D eigenvalue weighted by atomic mass is 19.1. The van der Waals surface area contributed by atoms with Gasteiger partial charge in [-0.1, -0.05) is 26.7 Å². The molecule has 0 aliphatic rings. The van der Waals surface area contributed by atoms with Gasteiger partial charge in [-0.3, -0.25) is 4.98 Å². The van der Waals surface area contributed by atoms with Crippen molar-refractivity contribution in [2.75, 3.05) is 20.1 Å². The van der Waals surface area contributed by atoms with E-state index in [9.17, 15) is 4.39 Å². The monoisotopic (exact) mass is 267 g/mol. The van der Waals surface area contributed by atoms with Crippen molar-refractivity contribution in [1.29, 1.82) is 0 Å². The minimum absolute atomic E-state index is 0.144. The molecule has 1 aromatic rings. The number of halogens is 1. The summed E-state index contributed by atoms with van der Waals surface area (Å²) in [6.07, 6.45) is 4.96. The molecule has 0 bridgehead atoms. The summed E-state index contributed by atoms with van der Waals surface area (Å²) in [6.45, 7) is 6.36. The van der Waals surface area contributed by atoms with Gasteiger partial charge in [0.1, 0.15) is 5.82 Å². The van der Waals surface area contributed by atoms with E-state index in [2.05, 4.69) is 30.8 Å². The summed E-state index contributed by atoms with van der Waals surface area (Å²) in [6, 6.07) is 2.95. The van der Waals surface area contributed by atoms with Crippen molar-refractivity contribution < 1.29 is 4.39 Å². The van der Waals surface area contributed by atoms with Gasteiger partial charge in [0.15, 0.2) is 0 Å². The lowest BCUT2D eigenvalue weighted by Gasteiger charge is -2.25. The predicted molar refractivity (Wildman–Crippen MR) is 77.3 cm³/mol. The van der Waals surface area contributed by atoms with Gasteiger partial charge in [0.2, 0.25) is 0 Å². The summed E-state index contributed by atoms with van der Waals surface area (Å²) in [4.78, 5) is 6.37. The molecule has 0 aliphatic heterocycles. The lowest BCUT2D eigenvalue weighted by molar-refractivity contribution is 0.258. The number of aromatic nitrogens is 1. The van der Waals surface area contributed by atoms with Crippen LogP contribution in [0.4, 0.5) is 4.39 Å². The molecule has 0 radical (unpaired) electrons. The maximum absolute atomic E-state index is 12.8. The predicted octanol–water partition coefficient (Wildman–Crippen LogP) is 2.98. The Kier molecular flexibility index (Phi) is 6.95. The highest BCUT2D eigenvalue weighted by Crippen LogP contribution is 2.18. The number of unbranched alkanes of at least 4 members (excludes halogenated alkanes) is 2. The number of rotatable bonds is 8. The molecule has 1 aromatic heterocycles. The lowest BCUT2D eigenvalue weighted by Crippen LogP contribution is -2.32. The second-order valence-corrected chi connectivity index (χ2v) is 5.37. The van der Waals surface area contributed by atoms with E-state index in [4.69, 9.17) is 5.73 Å². The standard InChI is InChI=1S/C15H26FN3/c1-4-5-6-9-19(3)11-12(2)15(17)14-8-7-13(16)10-18-14/h7-8,10,12,15H,4-6,9,11,17H2,1-3H3. The molecule has 0 saturated heterocycles. The highest BCUT2D eigenvalue weighted by Gasteiger charge is 2.17. The molecular weight excluding hydrogens is 241 g/mol. The van der Waals surface area contributed by atoms with Crippen LogP contribution in [0.5, 0.6) is 0 Å². The van der Waals surface area contributed by atoms with Crippen molar-refractivity contribution in [2.45, 2.75) is 39.2 Å².